The lowest BCUT2D eigenvalue weighted by Gasteiger charge is -2.41. The molecule has 1 saturated heterocycles. The van der Waals surface area contributed by atoms with Crippen LogP contribution >= 0.6 is 0 Å². The van der Waals surface area contributed by atoms with E-state index in [-0.39, 0.29) is 11.9 Å². The fourth-order valence-corrected chi connectivity index (χ4v) is 4.03. The minimum atomic E-state index is -0.0101. The molecule has 1 N–H and O–H groups in total. The molecule has 1 aromatic carbocycles. The van der Waals surface area contributed by atoms with Gasteiger partial charge in [-0.1, -0.05) is 31.4 Å². The molecular formula is C18H27FN2. The molecule has 21 heavy (non-hydrogen) atoms. The van der Waals surface area contributed by atoms with Crippen LogP contribution in [0.5, 0.6) is 0 Å². The van der Waals surface area contributed by atoms with Crippen LogP contribution in [0.25, 0.3) is 0 Å². The van der Waals surface area contributed by atoms with E-state index in [1.165, 1.54) is 32.1 Å². The molecule has 2 aliphatic rings. The predicted molar refractivity (Wildman–Crippen MR) is 84.9 cm³/mol. The maximum absolute atomic E-state index is 14.6. The molecule has 116 valence electrons. The smallest absolute Gasteiger partial charge is 0.128 e. The average molecular weight is 290 g/mol. The van der Waals surface area contributed by atoms with Crippen molar-refractivity contribution in [1.29, 1.82) is 0 Å². The van der Waals surface area contributed by atoms with Crippen molar-refractivity contribution >= 4 is 0 Å². The number of rotatable bonds is 3. The van der Waals surface area contributed by atoms with Gasteiger partial charge in [-0.2, -0.15) is 0 Å². The van der Waals surface area contributed by atoms with E-state index in [4.69, 9.17) is 0 Å². The van der Waals surface area contributed by atoms with Crippen LogP contribution in [0.3, 0.4) is 0 Å². The first kappa shape index (κ1) is 15.0. The summed E-state index contributed by atoms with van der Waals surface area (Å²) in [6.07, 6.45) is 6.46. The summed E-state index contributed by atoms with van der Waals surface area (Å²) < 4.78 is 14.6. The molecule has 1 aliphatic heterocycles. The summed E-state index contributed by atoms with van der Waals surface area (Å²) in [6, 6.07) is 6.07. The summed E-state index contributed by atoms with van der Waals surface area (Å²) in [5.74, 6) is 0.609. The van der Waals surface area contributed by atoms with Crippen molar-refractivity contribution in [2.24, 2.45) is 5.92 Å². The molecule has 2 fully saturated rings. The Labute approximate surface area is 127 Å². The Morgan fingerprint density at radius 2 is 1.86 bits per heavy atom. The van der Waals surface area contributed by atoms with Gasteiger partial charge >= 0.3 is 0 Å². The molecule has 3 heteroatoms. The van der Waals surface area contributed by atoms with Gasteiger partial charge in [-0.25, -0.2) is 4.39 Å². The zero-order valence-corrected chi connectivity index (χ0v) is 13.1. The number of hydrogen-bond acceptors (Lipinski definition) is 2. The predicted octanol–water partition coefficient (Wildman–Crippen LogP) is 3.66. The number of hydrogen-bond donors (Lipinski definition) is 1. The van der Waals surface area contributed by atoms with Gasteiger partial charge in [0.2, 0.25) is 0 Å². The highest BCUT2D eigenvalue weighted by Crippen LogP contribution is 2.39. The van der Waals surface area contributed by atoms with Crippen LogP contribution in [0, 0.1) is 18.7 Å². The van der Waals surface area contributed by atoms with E-state index in [0.717, 1.165) is 37.3 Å². The van der Waals surface area contributed by atoms with Crippen LogP contribution in [0.1, 0.15) is 49.3 Å². The number of benzene rings is 1. The zero-order valence-electron chi connectivity index (χ0n) is 13.1. The Kier molecular flexibility index (Phi) is 4.91. The molecule has 1 heterocycles. The number of nitrogens with zero attached hydrogens (tertiary/aromatic N) is 1. The summed E-state index contributed by atoms with van der Waals surface area (Å²) in [5, 5.41) is 3.41. The second-order valence-corrected chi connectivity index (χ2v) is 6.65. The largest absolute Gasteiger partial charge is 0.314 e. The highest BCUT2D eigenvalue weighted by atomic mass is 19.1. The second kappa shape index (κ2) is 6.89. The van der Waals surface area contributed by atoms with Crippen molar-refractivity contribution < 1.29 is 4.39 Å². The van der Waals surface area contributed by atoms with Crippen LogP contribution in [0.15, 0.2) is 18.2 Å². The van der Waals surface area contributed by atoms with Crippen molar-refractivity contribution in [2.45, 2.75) is 45.1 Å². The Bertz CT molecular complexity index is 444. The van der Waals surface area contributed by atoms with Gasteiger partial charge < -0.3 is 5.32 Å². The van der Waals surface area contributed by atoms with E-state index in [1.807, 2.05) is 13.0 Å². The van der Waals surface area contributed by atoms with Crippen molar-refractivity contribution in [2.75, 3.05) is 26.2 Å². The van der Waals surface area contributed by atoms with Gasteiger partial charge in [0.25, 0.3) is 0 Å². The number of nitrogens with one attached hydrogen (secondary N) is 1. The van der Waals surface area contributed by atoms with Crippen molar-refractivity contribution in [3.63, 3.8) is 0 Å². The van der Waals surface area contributed by atoms with Gasteiger partial charge in [0.15, 0.2) is 0 Å². The maximum Gasteiger partial charge on any atom is 0.128 e. The Hall–Kier alpha value is -0.930. The van der Waals surface area contributed by atoms with Gasteiger partial charge in [-0.15, -0.1) is 0 Å². The van der Waals surface area contributed by atoms with Gasteiger partial charge in [-0.05, 0) is 37.3 Å². The summed E-state index contributed by atoms with van der Waals surface area (Å²) >= 11 is 0. The van der Waals surface area contributed by atoms with E-state index < -0.39 is 0 Å². The molecule has 0 spiro atoms. The number of piperazine rings is 1. The first-order valence-electron chi connectivity index (χ1n) is 8.46. The van der Waals surface area contributed by atoms with Crippen LogP contribution < -0.4 is 5.32 Å². The lowest BCUT2D eigenvalue weighted by Crippen LogP contribution is -2.47. The quantitative estimate of drug-likeness (QED) is 0.914. The Balaban J connectivity index is 1.89. The van der Waals surface area contributed by atoms with Gasteiger partial charge in [0.05, 0.1) is 0 Å². The first-order chi connectivity index (χ1) is 10.3. The highest BCUT2D eigenvalue weighted by molar-refractivity contribution is 5.27. The maximum atomic E-state index is 14.6. The van der Waals surface area contributed by atoms with E-state index in [2.05, 4.69) is 16.3 Å². The topological polar surface area (TPSA) is 15.3 Å². The van der Waals surface area contributed by atoms with E-state index >= 15 is 0 Å². The monoisotopic (exact) mass is 290 g/mol. The molecule has 1 aromatic rings. The molecule has 0 unspecified atom stereocenters. The van der Waals surface area contributed by atoms with Gasteiger partial charge in [-0.3, -0.25) is 4.90 Å². The fourth-order valence-electron chi connectivity index (χ4n) is 4.03. The van der Waals surface area contributed by atoms with Crippen LogP contribution in [-0.4, -0.2) is 31.1 Å². The molecule has 3 rings (SSSR count). The molecule has 1 atom stereocenters. The van der Waals surface area contributed by atoms with Crippen molar-refractivity contribution in [3.05, 3.63) is 35.1 Å². The minimum absolute atomic E-state index is 0.0101. The standard InChI is InChI=1S/C18H27FN2/c1-14-7-8-16(17(19)13-14)18(15-5-3-2-4-6-15)21-11-9-20-10-12-21/h7-8,13,15,18,20H,2-6,9-12H2,1H3/t18-/m1/s1. The summed E-state index contributed by atoms with van der Waals surface area (Å²) in [7, 11) is 0. The SMILES string of the molecule is Cc1ccc([C@@H](C2CCCCC2)N2CCNCC2)c(F)c1. The van der Waals surface area contributed by atoms with Gasteiger partial charge in [0, 0.05) is 37.8 Å². The molecular weight excluding hydrogens is 263 g/mol. The molecule has 1 aliphatic carbocycles. The third-order valence-corrected chi connectivity index (χ3v) is 5.12. The van der Waals surface area contributed by atoms with E-state index in [1.54, 1.807) is 6.07 Å². The van der Waals surface area contributed by atoms with Crippen molar-refractivity contribution in [3.8, 4) is 0 Å². The summed E-state index contributed by atoms with van der Waals surface area (Å²) in [4.78, 5) is 2.51. The molecule has 2 nitrogen and oxygen atoms in total. The Morgan fingerprint density at radius 1 is 1.14 bits per heavy atom. The zero-order chi connectivity index (χ0) is 14.7. The average Bonchev–Trinajstić information content (AvgIpc) is 2.52. The molecule has 0 amide bonds. The lowest BCUT2D eigenvalue weighted by atomic mass is 9.80. The van der Waals surface area contributed by atoms with Crippen LogP contribution in [0.2, 0.25) is 0 Å². The van der Waals surface area contributed by atoms with Crippen molar-refractivity contribution in [1.82, 2.24) is 10.2 Å². The molecule has 0 aromatic heterocycles. The Morgan fingerprint density at radius 3 is 2.52 bits per heavy atom. The lowest BCUT2D eigenvalue weighted by molar-refractivity contribution is 0.101. The van der Waals surface area contributed by atoms with E-state index in [9.17, 15) is 4.39 Å². The van der Waals surface area contributed by atoms with Gasteiger partial charge in [0.1, 0.15) is 5.82 Å². The van der Waals surface area contributed by atoms with Crippen LogP contribution in [0.4, 0.5) is 4.39 Å². The highest BCUT2D eigenvalue weighted by Gasteiger charge is 2.32. The first-order valence-corrected chi connectivity index (χ1v) is 8.46. The molecule has 0 radical (unpaired) electrons. The normalized spacial score (nSPS) is 23.1. The number of halogens is 1. The summed E-state index contributed by atoms with van der Waals surface area (Å²) in [6.45, 7) is 6.09. The number of aryl methyl sites for hydroxylation is 1. The molecule has 0 bridgehead atoms. The van der Waals surface area contributed by atoms with E-state index in [0.29, 0.717) is 5.92 Å². The minimum Gasteiger partial charge on any atom is -0.314 e. The summed E-state index contributed by atoms with van der Waals surface area (Å²) in [5.41, 5.74) is 1.94. The van der Waals surface area contributed by atoms with Crippen LogP contribution in [-0.2, 0) is 0 Å². The fraction of sp³-hybridized carbons (Fsp3) is 0.667. The second-order valence-electron chi connectivity index (χ2n) is 6.65. The third kappa shape index (κ3) is 3.46. The third-order valence-electron chi connectivity index (χ3n) is 5.12. The molecule has 1 saturated carbocycles.